The Labute approximate surface area is 238 Å². The van der Waals surface area contributed by atoms with Gasteiger partial charge in [-0.05, 0) is 55.2 Å². The lowest BCUT2D eigenvalue weighted by Crippen LogP contribution is -2.22. The molecule has 1 unspecified atom stereocenters. The number of halogens is 1. The van der Waals surface area contributed by atoms with E-state index in [4.69, 9.17) is 41.0 Å². The molecule has 9 heteroatoms. The summed E-state index contributed by atoms with van der Waals surface area (Å²) in [6.07, 6.45) is 0.914. The Bertz CT molecular complexity index is 1450. The number of nitriles is 1. The first kappa shape index (κ1) is 28.7. The number of nitrogens with two attached hydrogens (primary N) is 1. The van der Waals surface area contributed by atoms with Gasteiger partial charge in [0.25, 0.3) is 0 Å². The Morgan fingerprint density at radius 2 is 1.85 bits per heavy atom. The number of benzene rings is 3. The summed E-state index contributed by atoms with van der Waals surface area (Å²) in [6, 6.07) is 19.5. The largest absolute Gasteiger partial charge is 0.490 e. The molecule has 208 valence electrons. The number of ether oxygens (including phenoxy) is 5. The molecule has 2 N–H and O–H groups in total. The summed E-state index contributed by atoms with van der Waals surface area (Å²) < 4.78 is 28.5. The second kappa shape index (κ2) is 13.1. The van der Waals surface area contributed by atoms with Gasteiger partial charge in [0.15, 0.2) is 18.1 Å². The van der Waals surface area contributed by atoms with Crippen LogP contribution >= 0.6 is 11.6 Å². The highest BCUT2D eigenvalue weighted by molar-refractivity contribution is 6.32. The Balaban J connectivity index is 1.57. The first-order valence-electron chi connectivity index (χ1n) is 13.0. The van der Waals surface area contributed by atoms with Gasteiger partial charge in [-0.15, -0.1) is 0 Å². The molecule has 0 amide bonds. The lowest BCUT2D eigenvalue weighted by Gasteiger charge is -2.27. The number of rotatable bonds is 11. The van der Waals surface area contributed by atoms with E-state index in [0.717, 1.165) is 12.0 Å². The van der Waals surface area contributed by atoms with Crippen LogP contribution in [0.3, 0.4) is 0 Å². The molecule has 0 radical (unpaired) electrons. The van der Waals surface area contributed by atoms with E-state index in [1.54, 1.807) is 42.5 Å². The number of allylic oxidation sites excluding steroid dienone is 1. The quantitative estimate of drug-likeness (QED) is 0.212. The Kier molecular flexibility index (Phi) is 9.41. The van der Waals surface area contributed by atoms with Crippen molar-refractivity contribution in [1.29, 1.82) is 5.26 Å². The number of hydrogen-bond donors (Lipinski definition) is 1. The maximum Gasteiger partial charge on any atom is 0.349 e. The van der Waals surface area contributed by atoms with Gasteiger partial charge in [-0.3, -0.25) is 0 Å². The average Bonchev–Trinajstić information content (AvgIpc) is 2.92. The maximum absolute atomic E-state index is 12.4. The zero-order valence-corrected chi connectivity index (χ0v) is 23.4. The number of hydrogen-bond acceptors (Lipinski definition) is 8. The number of fused-ring (bicyclic) bond motifs is 1. The number of nitrogens with zero attached hydrogens (tertiary/aromatic N) is 1. The molecule has 0 fully saturated rings. The van der Waals surface area contributed by atoms with Gasteiger partial charge >= 0.3 is 5.97 Å². The molecule has 8 nitrogen and oxygen atoms in total. The molecule has 0 saturated carbocycles. The molecule has 0 bridgehead atoms. The van der Waals surface area contributed by atoms with Crippen molar-refractivity contribution < 1.29 is 28.5 Å². The van der Waals surface area contributed by atoms with Gasteiger partial charge in [0.05, 0.1) is 24.2 Å². The van der Waals surface area contributed by atoms with Crippen molar-refractivity contribution in [3.05, 3.63) is 88.3 Å². The summed E-state index contributed by atoms with van der Waals surface area (Å²) in [4.78, 5) is 12.4. The van der Waals surface area contributed by atoms with E-state index in [2.05, 4.69) is 19.9 Å². The van der Waals surface area contributed by atoms with Crippen molar-refractivity contribution in [3.8, 4) is 34.8 Å². The number of carbonyl (C=O) groups excluding carboxylic acids is 1. The number of carbonyl (C=O) groups is 1. The van der Waals surface area contributed by atoms with Crippen molar-refractivity contribution in [2.45, 2.75) is 33.1 Å². The van der Waals surface area contributed by atoms with Crippen LogP contribution in [0, 0.1) is 17.2 Å². The molecule has 1 heterocycles. The third kappa shape index (κ3) is 6.80. The van der Waals surface area contributed by atoms with Crippen molar-refractivity contribution >= 4 is 17.6 Å². The van der Waals surface area contributed by atoms with Gasteiger partial charge < -0.3 is 29.4 Å². The summed E-state index contributed by atoms with van der Waals surface area (Å²) in [5.41, 5.74) is 7.90. The van der Waals surface area contributed by atoms with Crippen LogP contribution < -0.4 is 29.4 Å². The fraction of sp³-hybridized carbons (Fsp3) is 0.290. The van der Waals surface area contributed by atoms with E-state index >= 15 is 0 Å². The highest BCUT2D eigenvalue weighted by Gasteiger charge is 2.32. The molecule has 1 aliphatic rings. The SMILES string of the molecule is CCOc1cc(C2C(C#N)=C(N)Oc3cc(OC(=O)COc4ccccc4Cl)ccc32)ccc1OCCC(C)C. The zero-order valence-electron chi connectivity index (χ0n) is 22.6. The highest BCUT2D eigenvalue weighted by atomic mass is 35.5. The number of para-hydroxylation sites is 1. The maximum atomic E-state index is 12.4. The highest BCUT2D eigenvalue weighted by Crippen LogP contribution is 2.45. The van der Waals surface area contributed by atoms with Crippen LogP contribution in [0.5, 0.6) is 28.7 Å². The molecule has 0 aromatic heterocycles. The minimum absolute atomic E-state index is 0.0271. The van der Waals surface area contributed by atoms with Crippen molar-refractivity contribution in [1.82, 2.24) is 0 Å². The van der Waals surface area contributed by atoms with Crippen LogP contribution in [0.15, 0.2) is 72.1 Å². The minimum atomic E-state index is -0.622. The summed E-state index contributed by atoms with van der Waals surface area (Å²) in [7, 11) is 0. The van der Waals surface area contributed by atoms with Gasteiger partial charge in [0, 0.05) is 11.6 Å². The predicted molar refractivity (Wildman–Crippen MR) is 151 cm³/mol. The predicted octanol–water partition coefficient (Wildman–Crippen LogP) is 6.37. The smallest absolute Gasteiger partial charge is 0.349 e. The van der Waals surface area contributed by atoms with Crippen LogP contribution in [0.4, 0.5) is 0 Å². The van der Waals surface area contributed by atoms with E-state index < -0.39 is 11.9 Å². The molecule has 3 aromatic carbocycles. The van der Waals surface area contributed by atoms with E-state index in [1.165, 1.54) is 0 Å². The standard InChI is InChI=1S/C31H31ClN2O6/c1-4-36-28-15-20(9-12-26(28)37-14-13-19(2)3)30-22-11-10-21(16-27(22)40-31(34)23(30)17-33)39-29(35)18-38-25-8-6-5-7-24(25)32/h5-12,15-16,19,30H,4,13-14,18,34H2,1-3H3. The lowest BCUT2D eigenvalue weighted by molar-refractivity contribution is -0.136. The minimum Gasteiger partial charge on any atom is -0.490 e. The normalized spacial score (nSPS) is 14.2. The monoisotopic (exact) mass is 562 g/mol. The van der Waals surface area contributed by atoms with Crippen LogP contribution in [-0.2, 0) is 4.79 Å². The van der Waals surface area contributed by atoms with Crippen LogP contribution in [0.25, 0.3) is 0 Å². The summed E-state index contributed by atoms with van der Waals surface area (Å²) >= 11 is 6.07. The van der Waals surface area contributed by atoms with Gasteiger partial charge in [-0.25, -0.2) is 4.79 Å². The second-order valence-corrected chi connectivity index (χ2v) is 9.89. The molecule has 3 aromatic rings. The zero-order chi connectivity index (χ0) is 28.6. The molecular formula is C31H31ClN2O6. The summed E-state index contributed by atoms with van der Waals surface area (Å²) in [5, 5.41) is 10.3. The fourth-order valence-corrected chi connectivity index (χ4v) is 4.39. The molecule has 0 spiro atoms. The Morgan fingerprint density at radius 1 is 1.05 bits per heavy atom. The van der Waals surface area contributed by atoms with E-state index in [1.807, 2.05) is 25.1 Å². The fourth-order valence-electron chi connectivity index (χ4n) is 4.20. The molecule has 1 atom stereocenters. The van der Waals surface area contributed by atoms with Gasteiger partial charge in [-0.1, -0.05) is 49.7 Å². The lowest BCUT2D eigenvalue weighted by atomic mass is 9.83. The third-order valence-corrected chi connectivity index (χ3v) is 6.47. The van der Waals surface area contributed by atoms with E-state index in [0.29, 0.717) is 52.7 Å². The first-order valence-corrected chi connectivity index (χ1v) is 13.4. The van der Waals surface area contributed by atoms with Crippen molar-refractivity contribution in [2.24, 2.45) is 11.7 Å². The van der Waals surface area contributed by atoms with Crippen LogP contribution in [-0.4, -0.2) is 25.8 Å². The second-order valence-electron chi connectivity index (χ2n) is 9.49. The Morgan fingerprint density at radius 3 is 2.58 bits per heavy atom. The molecular weight excluding hydrogens is 532 g/mol. The van der Waals surface area contributed by atoms with Gasteiger partial charge in [0.2, 0.25) is 5.88 Å². The topological polar surface area (TPSA) is 113 Å². The van der Waals surface area contributed by atoms with E-state index in [-0.39, 0.29) is 23.8 Å². The third-order valence-electron chi connectivity index (χ3n) is 6.16. The number of esters is 1. The summed E-state index contributed by atoms with van der Waals surface area (Å²) in [6.45, 7) is 6.86. The van der Waals surface area contributed by atoms with Crippen molar-refractivity contribution in [3.63, 3.8) is 0 Å². The van der Waals surface area contributed by atoms with Crippen molar-refractivity contribution in [2.75, 3.05) is 19.8 Å². The van der Waals surface area contributed by atoms with Crippen LogP contribution in [0.1, 0.15) is 44.2 Å². The van der Waals surface area contributed by atoms with Gasteiger partial charge in [-0.2, -0.15) is 5.26 Å². The first-order chi connectivity index (χ1) is 19.3. The molecule has 4 rings (SSSR count). The van der Waals surface area contributed by atoms with Gasteiger partial charge in [0.1, 0.15) is 28.9 Å². The molecule has 1 aliphatic heterocycles. The average molecular weight is 563 g/mol. The van der Waals surface area contributed by atoms with E-state index in [9.17, 15) is 10.1 Å². The Hall–Kier alpha value is -4.35. The summed E-state index contributed by atoms with van der Waals surface area (Å²) in [5.74, 6) is 1.54. The molecule has 0 saturated heterocycles. The molecule has 40 heavy (non-hydrogen) atoms. The molecule has 0 aliphatic carbocycles. The van der Waals surface area contributed by atoms with Crippen LogP contribution in [0.2, 0.25) is 5.02 Å².